The van der Waals surface area contributed by atoms with Gasteiger partial charge in [0.15, 0.2) is 0 Å². The van der Waals surface area contributed by atoms with Gasteiger partial charge in [-0.25, -0.2) is 0 Å². The lowest BCUT2D eigenvalue weighted by Crippen LogP contribution is -2.03. The molecular formula is C20H21ClN2O3. The van der Waals surface area contributed by atoms with Crippen LogP contribution in [0, 0.1) is 13.8 Å². The van der Waals surface area contributed by atoms with Crippen LogP contribution < -0.4 is 4.74 Å². The molecule has 0 aliphatic rings. The predicted octanol–water partition coefficient (Wildman–Crippen LogP) is 4.44. The average Bonchev–Trinajstić information content (AvgIpc) is 2.95. The van der Waals surface area contributed by atoms with Crippen LogP contribution in [0.25, 0.3) is 10.9 Å². The maximum Gasteiger partial charge on any atom is 0.303 e. The van der Waals surface area contributed by atoms with Crippen LogP contribution in [0.5, 0.6) is 5.75 Å². The van der Waals surface area contributed by atoms with Gasteiger partial charge in [0.05, 0.1) is 5.52 Å². The second-order valence-electron chi connectivity index (χ2n) is 6.46. The van der Waals surface area contributed by atoms with Crippen LogP contribution in [-0.4, -0.2) is 20.9 Å². The molecule has 2 aromatic carbocycles. The second-order valence-corrected chi connectivity index (χ2v) is 6.90. The van der Waals surface area contributed by atoms with Crippen molar-refractivity contribution in [2.45, 2.75) is 33.3 Å². The third-order valence-corrected chi connectivity index (χ3v) is 4.83. The zero-order valence-electron chi connectivity index (χ0n) is 15.0. The zero-order valence-corrected chi connectivity index (χ0v) is 15.8. The number of hydrogen-bond acceptors (Lipinski definition) is 3. The van der Waals surface area contributed by atoms with E-state index in [4.69, 9.17) is 21.4 Å². The van der Waals surface area contributed by atoms with Gasteiger partial charge in [0.2, 0.25) is 0 Å². The quantitative estimate of drug-likeness (QED) is 0.694. The fourth-order valence-corrected chi connectivity index (χ4v) is 3.32. The van der Waals surface area contributed by atoms with Crippen molar-refractivity contribution in [3.8, 4) is 5.75 Å². The molecule has 3 rings (SSSR count). The minimum atomic E-state index is -0.789. The maximum atomic E-state index is 10.8. The second kappa shape index (κ2) is 7.38. The van der Waals surface area contributed by atoms with Crippen molar-refractivity contribution in [3.05, 3.63) is 57.7 Å². The molecule has 136 valence electrons. The molecule has 0 unspecified atom stereocenters. The normalized spacial score (nSPS) is 11.1. The third-order valence-electron chi connectivity index (χ3n) is 4.61. The van der Waals surface area contributed by atoms with E-state index in [0.717, 1.165) is 38.9 Å². The lowest BCUT2D eigenvalue weighted by atomic mass is 9.99. The molecule has 0 amide bonds. The number of aliphatic carboxylic acids is 1. The first-order valence-corrected chi connectivity index (χ1v) is 8.78. The molecule has 26 heavy (non-hydrogen) atoms. The van der Waals surface area contributed by atoms with Crippen LogP contribution in [-0.2, 0) is 24.9 Å². The lowest BCUT2D eigenvalue weighted by molar-refractivity contribution is -0.136. The fraction of sp³-hybridized carbons (Fsp3) is 0.300. The number of aromatic nitrogens is 2. The first kappa shape index (κ1) is 18.3. The van der Waals surface area contributed by atoms with E-state index in [-0.39, 0.29) is 6.42 Å². The zero-order chi connectivity index (χ0) is 18.8. The Labute approximate surface area is 157 Å². The Balaban J connectivity index is 1.82. The van der Waals surface area contributed by atoms with Crippen LogP contribution in [0.15, 0.2) is 30.5 Å². The average molecular weight is 373 g/mol. The van der Waals surface area contributed by atoms with Gasteiger partial charge in [0.25, 0.3) is 0 Å². The van der Waals surface area contributed by atoms with Crippen molar-refractivity contribution in [3.63, 3.8) is 0 Å². The van der Waals surface area contributed by atoms with Crippen LogP contribution in [0.3, 0.4) is 0 Å². The summed E-state index contributed by atoms with van der Waals surface area (Å²) in [5.41, 5.74) is 4.93. The molecule has 0 aliphatic carbocycles. The van der Waals surface area contributed by atoms with E-state index in [1.807, 2.05) is 51.4 Å². The molecule has 0 atom stereocenters. The first-order chi connectivity index (χ1) is 12.3. The Morgan fingerprint density at radius 3 is 2.73 bits per heavy atom. The van der Waals surface area contributed by atoms with Gasteiger partial charge in [-0.15, -0.1) is 0 Å². The molecule has 3 aromatic rings. The van der Waals surface area contributed by atoms with E-state index in [2.05, 4.69) is 5.10 Å². The number of aryl methyl sites for hydroxylation is 2. The van der Waals surface area contributed by atoms with Gasteiger partial charge < -0.3 is 9.84 Å². The van der Waals surface area contributed by atoms with Gasteiger partial charge in [-0.2, -0.15) is 5.10 Å². The lowest BCUT2D eigenvalue weighted by Gasteiger charge is -2.14. The van der Waals surface area contributed by atoms with E-state index in [1.54, 1.807) is 4.68 Å². The minimum absolute atomic E-state index is 0.126. The predicted molar refractivity (Wildman–Crippen MR) is 102 cm³/mol. The highest BCUT2D eigenvalue weighted by molar-refractivity contribution is 6.31. The number of carbonyl (C=O) groups is 1. The summed E-state index contributed by atoms with van der Waals surface area (Å²) in [6.07, 6.45) is 2.57. The van der Waals surface area contributed by atoms with Gasteiger partial charge in [-0.1, -0.05) is 17.7 Å². The summed E-state index contributed by atoms with van der Waals surface area (Å²) >= 11 is 6.21. The Morgan fingerprint density at radius 1 is 1.23 bits per heavy atom. The summed E-state index contributed by atoms with van der Waals surface area (Å²) in [7, 11) is 1.88. The molecule has 1 heterocycles. The Bertz CT molecular complexity index is 979. The molecule has 0 bridgehead atoms. The fourth-order valence-electron chi connectivity index (χ4n) is 3.07. The number of hydrogen-bond donors (Lipinski definition) is 1. The van der Waals surface area contributed by atoms with Gasteiger partial charge >= 0.3 is 5.97 Å². The number of halogens is 1. The van der Waals surface area contributed by atoms with Gasteiger partial charge in [-0.05, 0) is 55.2 Å². The summed E-state index contributed by atoms with van der Waals surface area (Å²) in [4.78, 5) is 10.8. The van der Waals surface area contributed by atoms with E-state index >= 15 is 0 Å². The number of carboxylic acids is 1. The molecule has 0 saturated carbocycles. The van der Waals surface area contributed by atoms with Gasteiger partial charge in [0, 0.05) is 35.6 Å². The largest absolute Gasteiger partial charge is 0.489 e. The van der Waals surface area contributed by atoms with Crippen LogP contribution >= 0.6 is 11.6 Å². The van der Waals surface area contributed by atoms with Crippen LogP contribution in [0.4, 0.5) is 0 Å². The van der Waals surface area contributed by atoms with Crippen molar-refractivity contribution in [2.75, 3.05) is 0 Å². The number of ether oxygens (including phenoxy) is 1. The van der Waals surface area contributed by atoms with E-state index < -0.39 is 5.97 Å². The molecule has 0 aliphatic heterocycles. The summed E-state index contributed by atoms with van der Waals surface area (Å²) in [6, 6.07) is 7.61. The number of carboxylic acid groups (broad SMARTS) is 1. The topological polar surface area (TPSA) is 64.3 Å². The number of fused-ring (bicyclic) bond motifs is 1. The van der Waals surface area contributed by atoms with Gasteiger partial charge in [0.1, 0.15) is 12.4 Å². The first-order valence-electron chi connectivity index (χ1n) is 8.40. The molecule has 6 heteroatoms. The highest BCUT2D eigenvalue weighted by Gasteiger charge is 2.12. The molecule has 5 nitrogen and oxygen atoms in total. The monoisotopic (exact) mass is 372 g/mol. The Kier molecular flexibility index (Phi) is 5.18. The van der Waals surface area contributed by atoms with E-state index in [1.165, 1.54) is 0 Å². The molecular weight excluding hydrogens is 352 g/mol. The smallest absolute Gasteiger partial charge is 0.303 e. The van der Waals surface area contributed by atoms with Crippen LogP contribution in [0.2, 0.25) is 5.02 Å². The summed E-state index contributed by atoms with van der Waals surface area (Å²) < 4.78 is 7.79. The summed E-state index contributed by atoms with van der Waals surface area (Å²) in [5.74, 6) is -0.00616. The van der Waals surface area contributed by atoms with Crippen molar-refractivity contribution in [1.29, 1.82) is 0 Å². The SMILES string of the molecule is Cc1c(CCC(=O)O)ccc(OCc2cc(Cl)cc3cn(C)nc23)c1C. The van der Waals surface area contributed by atoms with Crippen molar-refractivity contribution in [1.82, 2.24) is 9.78 Å². The number of benzene rings is 2. The Hall–Kier alpha value is -2.53. The number of rotatable bonds is 6. The highest BCUT2D eigenvalue weighted by atomic mass is 35.5. The minimum Gasteiger partial charge on any atom is -0.489 e. The van der Waals surface area contributed by atoms with Crippen LogP contribution in [0.1, 0.15) is 28.7 Å². The maximum absolute atomic E-state index is 10.8. The standard InChI is InChI=1S/C20H21ClN2O3/c1-12-13(2)18(6-4-14(12)5-7-19(24)25)26-11-16-9-17(21)8-15-10-23(3)22-20(15)16/h4,6,8-10H,5,7,11H2,1-3H3,(H,24,25). The summed E-state index contributed by atoms with van der Waals surface area (Å²) in [5, 5.41) is 15.0. The van der Waals surface area contributed by atoms with Crippen molar-refractivity contribution in [2.24, 2.45) is 7.05 Å². The molecule has 0 spiro atoms. The van der Waals surface area contributed by atoms with Crippen molar-refractivity contribution < 1.29 is 14.6 Å². The Morgan fingerprint density at radius 2 is 2.00 bits per heavy atom. The van der Waals surface area contributed by atoms with E-state index in [9.17, 15) is 4.79 Å². The highest BCUT2D eigenvalue weighted by Crippen LogP contribution is 2.28. The third kappa shape index (κ3) is 3.83. The molecule has 0 saturated heterocycles. The van der Waals surface area contributed by atoms with E-state index in [0.29, 0.717) is 18.1 Å². The molecule has 0 radical (unpaired) electrons. The van der Waals surface area contributed by atoms with Crippen molar-refractivity contribution >= 4 is 28.5 Å². The molecule has 0 fully saturated rings. The van der Waals surface area contributed by atoms with Gasteiger partial charge in [-0.3, -0.25) is 9.48 Å². The molecule has 1 N–H and O–H groups in total. The molecule has 1 aromatic heterocycles. The number of nitrogens with zero attached hydrogens (tertiary/aromatic N) is 2. The summed E-state index contributed by atoms with van der Waals surface area (Å²) in [6.45, 7) is 4.35.